The molecule has 1 aromatic heterocycles. The number of benzene rings is 1. The van der Waals surface area contributed by atoms with Gasteiger partial charge < -0.3 is 19.5 Å². The van der Waals surface area contributed by atoms with Gasteiger partial charge in [-0.25, -0.2) is 4.68 Å². The lowest BCUT2D eigenvalue weighted by atomic mass is 10.1. The van der Waals surface area contributed by atoms with Gasteiger partial charge in [-0.2, -0.15) is 0 Å². The molecule has 0 aliphatic carbocycles. The van der Waals surface area contributed by atoms with Crippen LogP contribution < -0.4 is 19.5 Å². The second kappa shape index (κ2) is 5.61. The van der Waals surface area contributed by atoms with E-state index in [1.807, 2.05) is 16.9 Å². The molecular formula is C14H18N4O3. The van der Waals surface area contributed by atoms with E-state index < -0.39 is 0 Å². The average Bonchev–Trinajstić information content (AvgIpc) is 2.93. The van der Waals surface area contributed by atoms with Crippen molar-refractivity contribution in [1.29, 1.82) is 0 Å². The van der Waals surface area contributed by atoms with Crippen molar-refractivity contribution in [3.05, 3.63) is 18.3 Å². The number of hydrogen-bond donors (Lipinski definition) is 1. The van der Waals surface area contributed by atoms with E-state index in [0.717, 1.165) is 24.3 Å². The highest BCUT2D eigenvalue weighted by molar-refractivity contribution is 5.71. The van der Waals surface area contributed by atoms with Crippen molar-refractivity contribution in [2.75, 3.05) is 34.4 Å². The molecule has 1 aliphatic rings. The second-order valence-corrected chi connectivity index (χ2v) is 4.80. The first-order chi connectivity index (χ1) is 10.3. The number of rotatable bonds is 5. The van der Waals surface area contributed by atoms with Gasteiger partial charge in [-0.1, -0.05) is 5.21 Å². The van der Waals surface area contributed by atoms with Gasteiger partial charge in [-0.05, 0) is 6.07 Å². The van der Waals surface area contributed by atoms with Crippen molar-refractivity contribution in [3.8, 4) is 28.5 Å². The molecule has 2 aromatic rings. The standard InChI is InChI=1S/C14H18N4O3/c1-19-12-5-14(21-3)13(20-2)4-10(12)11-8-18(17-16-11)9-6-15-7-9/h4-5,8-9,15H,6-7H2,1-3H3. The Bertz CT molecular complexity index is 637. The first kappa shape index (κ1) is 13.7. The molecule has 0 radical (unpaired) electrons. The zero-order valence-electron chi connectivity index (χ0n) is 12.3. The lowest BCUT2D eigenvalue weighted by Crippen LogP contribution is -2.43. The Kier molecular flexibility index (Phi) is 3.66. The summed E-state index contributed by atoms with van der Waals surface area (Å²) in [4.78, 5) is 0. The van der Waals surface area contributed by atoms with E-state index in [1.54, 1.807) is 27.4 Å². The van der Waals surface area contributed by atoms with E-state index >= 15 is 0 Å². The molecule has 7 heteroatoms. The van der Waals surface area contributed by atoms with E-state index in [2.05, 4.69) is 15.6 Å². The molecule has 1 aliphatic heterocycles. The number of ether oxygens (including phenoxy) is 3. The normalized spacial score (nSPS) is 14.6. The fourth-order valence-electron chi connectivity index (χ4n) is 2.27. The van der Waals surface area contributed by atoms with E-state index in [4.69, 9.17) is 14.2 Å². The second-order valence-electron chi connectivity index (χ2n) is 4.80. The third-order valence-electron chi connectivity index (χ3n) is 3.63. The Labute approximate surface area is 122 Å². The maximum absolute atomic E-state index is 5.43. The first-order valence-electron chi connectivity index (χ1n) is 6.69. The number of nitrogens with one attached hydrogen (secondary N) is 1. The summed E-state index contributed by atoms with van der Waals surface area (Å²) in [5.74, 6) is 1.92. The summed E-state index contributed by atoms with van der Waals surface area (Å²) in [6, 6.07) is 4.01. The highest BCUT2D eigenvalue weighted by Crippen LogP contribution is 2.39. The zero-order valence-corrected chi connectivity index (χ0v) is 12.3. The number of methoxy groups -OCH3 is 3. The van der Waals surface area contributed by atoms with Crippen molar-refractivity contribution in [2.24, 2.45) is 0 Å². The van der Waals surface area contributed by atoms with Crippen LogP contribution in [0.3, 0.4) is 0 Å². The van der Waals surface area contributed by atoms with Gasteiger partial charge in [0.1, 0.15) is 11.4 Å². The SMILES string of the molecule is COc1cc(OC)c(-c2cn(C3CNC3)nn2)cc1OC. The quantitative estimate of drug-likeness (QED) is 0.889. The lowest BCUT2D eigenvalue weighted by molar-refractivity contribution is 0.313. The maximum Gasteiger partial charge on any atom is 0.164 e. The molecule has 21 heavy (non-hydrogen) atoms. The summed E-state index contributed by atoms with van der Waals surface area (Å²) in [6.45, 7) is 1.84. The minimum atomic E-state index is 0.373. The molecular weight excluding hydrogens is 272 g/mol. The minimum Gasteiger partial charge on any atom is -0.496 e. The third kappa shape index (κ3) is 2.40. The van der Waals surface area contributed by atoms with E-state index in [1.165, 1.54) is 0 Å². The van der Waals surface area contributed by atoms with E-state index in [0.29, 0.717) is 23.3 Å². The van der Waals surface area contributed by atoms with Crippen LogP contribution in [-0.2, 0) is 0 Å². The van der Waals surface area contributed by atoms with Gasteiger partial charge in [-0.15, -0.1) is 5.10 Å². The van der Waals surface area contributed by atoms with Crippen LogP contribution in [0.4, 0.5) is 0 Å². The predicted octanol–water partition coefficient (Wildman–Crippen LogP) is 1.12. The molecule has 7 nitrogen and oxygen atoms in total. The van der Waals surface area contributed by atoms with Crippen LogP contribution in [0.15, 0.2) is 18.3 Å². The molecule has 0 saturated carbocycles. The lowest BCUT2D eigenvalue weighted by Gasteiger charge is -2.26. The first-order valence-corrected chi connectivity index (χ1v) is 6.69. The highest BCUT2D eigenvalue weighted by Gasteiger charge is 2.22. The molecule has 1 saturated heterocycles. The van der Waals surface area contributed by atoms with Gasteiger partial charge >= 0.3 is 0 Å². The Balaban J connectivity index is 2.01. The summed E-state index contributed by atoms with van der Waals surface area (Å²) in [7, 11) is 4.81. The summed E-state index contributed by atoms with van der Waals surface area (Å²) < 4.78 is 17.9. The topological polar surface area (TPSA) is 70.4 Å². The van der Waals surface area contributed by atoms with Gasteiger partial charge in [0.2, 0.25) is 0 Å². The van der Waals surface area contributed by atoms with Gasteiger partial charge in [-0.3, -0.25) is 0 Å². The van der Waals surface area contributed by atoms with Crippen LogP contribution in [0.1, 0.15) is 6.04 Å². The maximum atomic E-state index is 5.43. The Hall–Kier alpha value is -2.28. The molecule has 1 aromatic carbocycles. The molecule has 3 rings (SSSR count). The van der Waals surface area contributed by atoms with E-state index in [-0.39, 0.29) is 0 Å². The van der Waals surface area contributed by atoms with Gasteiger partial charge in [0.15, 0.2) is 11.5 Å². The van der Waals surface area contributed by atoms with Crippen LogP contribution in [0.25, 0.3) is 11.3 Å². The van der Waals surface area contributed by atoms with Crippen molar-refractivity contribution in [2.45, 2.75) is 6.04 Å². The molecule has 0 spiro atoms. The minimum absolute atomic E-state index is 0.373. The average molecular weight is 290 g/mol. The Morgan fingerprint density at radius 3 is 2.29 bits per heavy atom. The third-order valence-corrected chi connectivity index (χ3v) is 3.63. The molecule has 2 heterocycles. The molecule has 0 unspecified atom stereocenters. The molecule has 0 bridgehead atoms. The number of hydrogen-bond acceptors (Lipinski definition) is 6. The summed E-state index contributed by atoms with van der Waals surface area (Å²) in [5.41, 5.74) is 1.58. The Morgan fingerprint density at radius 2 is 1.71 bits per heavy atom. The van der Waals surface area contributed by atoms with Crippen LogP contribution in [0.2, 0.25) is 0 Å². The van der Waals surface area contributed by atoms with Gasteiger partial charge in [0.25, 0.3) is 0 Å². The smallest absolute Gasteiger partial charge is 0.164 e. The zero-order chi connectivity index (χ0) is 14.8. The molecule has 1 fully saturated rings. The summed E-state index contributed by atoms with van der Waals surface area (Å²) in [5, 5.41) is 11.6. The monoisotopic (exact) mass is 290 g/mol. The van der Waals surface area contributed by atoms with Crippen molar-refractivity contribution >= 4 is 0 Å². The van der Waals surface area contributed by atoms with E-state index in [9.17, 15) is 0 Å². The molecule has 0 atom stereocenters. The highest BCUT2D eigenvalue weighted by atomic mass is 16.5. The Morgan fingerprint density at radius 1 is 1.05 bits per heavy atom. The van der Waals surface area contributed by atoms with Crippen LogP contribution in [0.5, 0.6) is 17.2 Å². The van der Waals surface area contributed by atoms with Gasteiger partial charge in [0, 0.05) is 24.7 Å². The summed E-state index contributed by atoms with van der Waals surface area (Å²) in [6.07, 6.45) is 1.93. The molecule has 1 N–H and O–H groups in total. The fourth-order valence-corrected chi connectivity index (χ4v) is 2.27. The fraction of sp³-hybridized carbons (Fsp3) is 0.429. The molecule has 112 valence electrons. The number of nitrogens with zero attached hydrogens (tertiary/aromatic N) is 3. The predicted molar refractivity (Wildman–Crippen MR) is 77.0 cm³/mol. The van der Waals surface area contributed by atoms with Crippen molar-refractivity contribution in [1.82, 2.24) is 20.3 Å². The van der Waals surface area contributed by atoms with Crippen LogP contribution in [-0.4, -0.2) is 49.4 Å². The van der Waals surface area contributed by atoms with Crippen molar-refractivity contribution < 1.29 is 14.2 Å². The van der Waals surface area contributed by atoms with Crippen LogP contribution >= 0.6 is 0 Å². The largest absolute Gasteiger partial charge is 0.496 e. The van der Waals surface area contributed by atoms with Gasteiger partial charge in [0.05, 0.1) is 33.6 Å². The number of aromatic nitrogens is 3. The molecule has 0 amide bonds. The van der Waals surface area contributed by atoms with Crippen molar-refractivity contribution in [3.63, 3.8) is 0 Å². The van der Waals surface area contributed by atoms with Crippen LogP contribution in [0, 0.1) is 0 Å². The summed E-state index contributed by atoms with van der Waals surface area (Å²) >= 11 is 0.